The molecule has 2 rings (SSSR count). The van der Waals surface area contributed by atoms with Crippen molar-refractivity contribution in [2.75, 3.05) is 23.3 Å². The minimum atomic E-state index is -0.690. The van der Waals surface area contributed by atoms with E-state index in [1.807, 2.05) is 19.9 Å². The quantitative estimate of drug-likeness (QED) is 0.860. The first kappa shape index (κ1) is 13.6. The number of carboxylic acid groups (broad SMARTS) is 1. The van der Waals surface area contributed by atoms with Crippen LogP contribution >= 0.6 is 0 Å². The van der Waals surface area contributed by atoms with Gasteiger partial charge < -0.3 is 15.3 Å². The Hall–Kier alpha value is -1.85. The van der Waals surface area contributed by atoms with Crippen LogP contribution in [0.2, 0.25) is 0 Å². The number of carboxylic acids is 1. The van der Waals surface area contributed by atoms with E-state index in [0.717, 1.165) is 18.9 Å². The molecule has 1 aromatic rings. The van der Waals surface area contributed by atoms with Crippen LogP contribution < -0.4 is 10.2 Å². The van der Waals surface area contributed by atoms with Gasteiger partial charge in [0.2, 0.25) is 5.95 Å². The van der Waals surface area contributed by atoms with Crippen molar-refractivity contribution in [1.29, 1.82) is 0 Å². The van der Waals surface area contributed by atoms with Gasteiger partial charge in [-0.3, -0.25) is 4.79 Å². The molecular weight excluding hydrogens is 244 g/mol. The van der Waals surface area contributed by atoms with Crippen molar-refractivity contribution in [3.05, 3.63) is 12.3 Å². The van der Waals surface area contributed by atoms with Crippen LogP contribution in [0.1, 0.15) is 26.7 Å². The van der Waals surface area contributed by atoms with E-state index in [-0.39, 0.29) is 12.0 Å². The van der Waals surface area contributed by atoms with E-state index in [2.05, 4.69) is 20.2 Å². The summed E-state index contributed by atoms with van der Waals surface area (Å²) in [5.74, 6) is 0.575. The van der Waals surface area contributed by atoms with Gasteiger partial charge in [0.25, 0.3) is 0 Å². The van der Waals surface area contributed by atoms with Gasteiger partial charge in [0.15, 0.2) is 0 Å². The van der Waals surface area contributed by atoms with Crippen LogP contribution in [0.15, 0.2) is 12.3 Å². The Kier molecular flexibility index (Phi) is 4.19. The van der Waals surface area contributed by atoms with E-state index >= 15 is 0 Å². The van der Waals surface area contributed by atoms with Crippen LogP contribution in [-0.4, -0.2) is 40.2 Å². The van der Waals surface area contributed by atoms with Crippen LogP contribution in [0, 0.1) is 5.92 Å². The van der Waals surface area contributed by atoms with Crippen molar-refractivity contribution in [1.82, 2.24) is 9.97 Å². The fraction of sp³-hybridized carbons (Fsp3) is 0.615. The topological polar surface area (TPSA) is 78.4 Å². The molecule has 0 radical (unpaired) electrons. The average molecular weight is 264 g/mol. The van der Waals surface area contributed by atoms with E-state index in [1.165, 1.54) is 0 Å². The summed E-state index contributed by atoms with van der Waals surface area (Å²) >= 11 is 0. The highest BCUT2D eigenvalue weighted by atomic mass is 16.4. The van der Waals surface area contributed by atoms with Crippen molar-refractivity contribution < 1.29 is 9.90 Å². The summed E-state index contributed by atoms with van der Waals surface area (Å²) < 4.78 is 0. The molecule has 0 atom stereocenters. The third-order valence-electron chi connectivity index (χ3n) is 3.23. The molecule has 104 valence electrons. The van der Waals surface area contributed by atoms with Crippen molar-refractivity contribution >= 4 is 17.7 Å². The lowest BCUT2D eigenvalue weighted by Gasteiger charge is -2.31. The number of piperidine rings is 1. The Morgan fingerprint density at radius 1 is 1.47 bits per heavy atom. The van der Waals surface area contributed by atoms with Gasteiger partial charge in [-0.2, -0.15) is 4.98 Å². The lowest BCUT2D eigenvalue weighted by Crippen LogP contribution is -2.36. The summed E-state index contributed by atoms with van der Waals surface area (Å²) in [7, 11) is 0. The van der Waals surface area contributed by atoms with Gasteiger partial charge in [-0.25, -0.2) is 4.98 Å². The van der Waals surface area contributed by atoms with Gasteiger partial charge >= 0.3 is 5.97 Å². The first-order chi connectivity index (χ1) is 9.06. The number of hydrogen-bond donors (Lipinski definition) is 2. The van der Waals surface area contributed by atoms with E-state index in [4.69, 9.17) is 5.11 Å². The number of anilines is 2. The Bertz CT molecular complexity index is 442. The zero-order valence-corrected chi connectivity index (χ0v) is 11.3. The lowest BCUT2D eigenvalue weighted by atomic mass is 9.97. The number of nitrogens with one attached hydrogen (secondary N) is 1. The molecule has 6 heteroatoms. The molecule has 1 saturated heterocycles. The minimum Gasteiger partial charge on any atom is -0.481 e. The predicted octanol–water partition coefficient (Wildman–Crippen LogP) is 1.60. The second kappa shape index (κ2) is 5.86. The molecule has 2 heterocycles. The number of aliphatic carboxylic acids is 1. The third kappa shape index (κ3) is 3.56. The van der Waals surface area contributed by atoms with E-state index in [9.17, 15) is 4.79 Å². The molecule has 0 aromatic carbocycles. The molecular formula is C13H20N4O2. The van der Waals surface area contributed by atoms with Gasteiger partial charge in [0.05, 0.1) is 5.92 Å². The molecule has 6 nitrogen and oxygen atoms in total. The monoisotopic (exact) mass is 264 g/mol. The van der Waals surface area contributed by atoms with Crippen LogP contribution in [0.5, 0.6) is 0 Å². The minimum absolute atomic E-state index is 0.216. The summed E-state index contributed by atoms with van der Waals surface area (Å²) in [5, 5.41) is 12.2. The molecule has 0 amide bonds. The summed E-state index contributed by atoms with van der Waals surface area (Å²) in [6.45, 7) is 5.53. The predicted molar refractivity (Wildman–Crippen MR) is 73.4 cm³/mol. The standard InChI is InChI=1S/C13H20N4O2/c1-9(2)15-13-14-6-3-11(16-13)17-7-4-10(5-8-17)12(18)19/h3,6,9-10H,4-5,7-8H2,1-2H3,(H,18,19)(H,14,15,16). The van der Waals surface area contributed by atoms with Gasteiger partial charge in [0, 0.05) is 25.3 Å². The molecule has 0 saturated carbocycles. The lowest BCUT2D eigenvalue weighted by molar-refractivity contribution is -0.142. The Labute approximate surface area is 112 Å². The summed E-state index contributed by atoms with van der Waals surface area (Å²) in [5.41, 5.74) is 0. The zero-order valence-electron chi connectivity index (χ0n) is 11.3. The number of carbonyl (C=O) groups is 1. The smallest absolute Gasteiger partial charge is 0.306 e. The van der Waals surface area contributed by atoms with Gasteiger partial charge in [0.1, 0.15) is 5.82 Å². The van der Waals surface area contributed by atoms with Crippen molar-refractivity contribution in [2.45, 2.75) is 32.7 Å². The average Bonchev–Trinajstić information content (AvgIpc) is 2.38. The van der Waals surface area contributed by atoms with Crippen molar-refractivity contribution in [2.24, 2.45) is 5.92 Å². The highest BCUT2D eigenvalue weighted by molar-refractivity contribution is 5.70. The molecule has 19 heavy (non-hydrogen) atoms. The van der Waals surface area contributed by atoms with Gasteiger partial charge in [-0.15, -0.1) is 0 Å². The number of rotatable bonds is 4. The number of hydrogen-bond acceptors (Lipinski definition) is 5. The van der Waals surface area contributed by atoms with Crippen LogP contribution in [-0.2, 0) is 4.79 Å². The molecule has 1 aliphatic rings. The highest BCUT2D eigenvalue weighted by Crippen LogP contribution is 2.22. The molecule has 0 spiro atoms. The normalized spacial score (nSPS) is 16.7. The first-order valence-electron chi connectivity index (χ1n) is 6.63. The largest absolute Gasteiger partial charge is 0.481 e. The number of aromatic nitrogens is 2. The Morgan fingerprint density at radius 3 is 2.74 bits per heavy atom. The van der Waals surface area contributed by atoms with E-state index < -0.39 is 5.97 Å². The molecule has 1 aromatic heterocycles. The van der Waals surface area contributed by atoms with E-state index in [1.54, 1.807) is 6.20 Å². The molecule has 2 N–H and O–H groups in total. The zero-order chi connectivity index (χ0) is 13.8. The van der Waals surface area contributed by atoms with Crippen LogP contribution in [0.4, 0.5) is 11.8 Å². The fourth-order valence-corrected chi connectivity index (χ4v) is 2.21. The summed E-state index contributed by atoms with van der Waals surface area (Å²) in [6.07, 6.45) is 3.08. The SMILES string of the molecule is CC(C)Nc1nccc(N2CCC(C(=O)O)CC2)n1. The highest BCUT2D eigenvalue weighted by Gasteiger charge is 2.25. The molecule has 1 aliphatic heterocycles. The summed E-state index contributed by atoms with van der Waals surface area (Å²) in [6, 6.07) is 2.15. The van der Waals surface area contributed by atoms with E-state index in [0.29, 0.717) is 18.8 Å². The molecule has 0 unspecified atom stereocenters. The molecule has 1 fully saturated rings. The van der Waals surface area contributed by atoms with Crippen molar-refractivity contribution in [3.8, 4) is 0 Å². The molecule has 0 aliphatic carbocycles. The molecule has 0 bridgehead atoms. The maximum Gasteiger partial charge on any atom is 0.306 e. The summed E-state index contributed by atoms with van der Waals surface area (Å²) in [4.78, 5) is 21.7. The van der Waals surface area contributed by atoms with Crippen LogP contribution in [0.3, 0.4) is 0 Å². The Morgan fingerprint density at radius 2 is 2.16 bits per heavy atom. The van der Waals surface area contributed by atoms with Gasteiger partial charge in [-0.05, 0) is 32.8 Å². The van der Waals surface area contributed by atoms with Crippen LogP contribution in [0.25, 0.3) is 0 Å². The second-order valence-electron chi connectivity index (χ2n) is 5.14. The fourth-order valence-electron chi connectivity index (χ4n) is 2.21. The van der Waals surface area contributed by atoms with Gasteiger partial charge in [-0.1, -0.05) is 0 Å². The maximum absolute atomic E-state index is 10.9. The Balaban J connectivity index is 2.01. The second-order valence-corrected chi connectivity index (χ2v) is 5.14. The first-order valence-corrected chi connectivity index (χ1v) is 6.63. The third-order valence-corrected chi connectivity index (χ3v) is 3.23. The maximum atomic E-state index is 10.9. The number of nitrogens with zero attached hydrogens (tertiary/aromatic N) is 3. The van der Waals surface area contributed by atoms with Crippen molar-refractivity contribution in [3.63, 3.8) is 0 Å².